The number of unbranched alkanes of at least 4 members (excludes halogenated alkanes) is 1. The molecule has 0 unspecified atom stereocenters. The van der Waals surface area contributed by atoms with Crippen molar-refractivity contribution in [2.45, 2.75) is 36.0 Å². The van der Waals surface area contributed by atoms with Gasteiger partial charge in [-0.2, -0.15) is 14.6 Å². The molecule has 0 saturated heterocycles. The Morgan fingerprint density at radius 1 is 0.972 bits per heavy atom. The lowest BCUT2D eigenvalue weighted by Crippen LogP contribution is -2.17. The van der Waals surface area contributed by atoms with Crippen LogP contribution >= 0.6 is 23.4 Å². The number of nitrogens with zero attached hydrogens (tertiary/aromatic N) is 4. The molecule has 5 aromatic rings. The summed E-state index contributed by atoms with van der Waals surface area (Å²) in [7, 11) is 0. The molecule has 0 aliphatic carbocycles. The summed E-state index contributed by atoms with van der Waals surface area (Å²) in [4.78, 5) is 24.7. The number of halogens is 1. The molecule has 0 radical (unpaired) electrons. The molecular weight excluding hydrogens is 490 g/mol. The number of anilines is 1. The van der Waals surface area contributed by atoms with E-state index in [4.69, 9.17) is 16.6 Å². The number of hydrogen-bond acceptors (Lipinski definition) is 5. The molecule has 180 valence electrons. The second-order valence-corrected chi connectivity index (χ2v) is 9.85. The summed E-state index contributed by atoms with van der Waals surface area (Å²) in [5.41, 5.74) is 2.98. The Labute approximate surface area is 218 Å². The molecular formula is C28H24ClN5OS. The Hall–Kier alpha value is -3.68. The number of carbonyl (C=O) groups excluding carboxylic acids is 1. The van der Waals surface area contributed by atoms with Crippen LogP contribution in [0.2, 0.25) is 5.02 Å². The number of aromatic nitrogens is 4. The molecule has 1 N–H and O–H groups in total. The Morgan fingerprint density at radius 2 is 1.75 bits per heavy atom. The van der Waals surface area contributed by atoms with E-state index in [1.165, 1.54) is 4.90 Å². The van der Waals surface area contributed by atoms with E-state index in [0.29, 0.717) is 34.4 Å². The number of benzene rings is 3. The molecule has 0 atom stereocenters. The number of hydrogen-bond donors (Lipinski definition) is 1. The second-order valence-electron chi connectivity index (χ2n) is 8.26. The largest absolute Gasteiger partial charge is 0.290 e. The van der Waals surface area contributed by atoms with Crippen molar-refractivity contribution in [2.24, 2.45) is 0 Å². The van der Waals surface area contributed by atoms with Gasteiger partial charge in [0.05, 0.1) is 6.20 Å². The fourth-order valence-corrected chi connectivity index (χ4v) is 4.81. The van der Waals surface area contributed by atoms with E-state index < -0.39 is 0 Å². The second kappa shape index (κ2) is 10.9. The van der Waals surface area contributed by atoms with Crippen molar-refractivity contribution in [2.75, 3.05) is 5.32 Å². The number of nitrogens with one attached hydrogen (secondary N) is 1. The number of amides is 1. The van der Waals surface area contributed by atoms with E-state index in [0.717, 1.165) is 28.9 Å². The quantitative estimate of drug-likeness (QED) is 0.238. The third-order valence-corrected chi connectivity index (χ3v) is 6.88. The monoisotopic (exact) mass is 513 g/mol. The van der Waals surface area contributed by atoms with Gasteiger partial charge in [-0.3, -0.25) is 10.1 Å². The summed E-state index contributed by atoms with van der Waals surface area (Å²) in [5.74, 6) is 0.695. The van der Waals surface area contributed by atoms with Gasteiger partial charge in [0, 0.05) is 32.4 Å². The number of aryl methyl sites for hydroxylation is 1. The average molecular weight is 514 g/mol. The lowest BCUT2D eigenvalue weighted by atomic mass is 10.1. The number of fused-ring (bicyclic) bond motifs is 1. The summed E-state index contributed by atoms with van der Waals surface area (Å²) in [6, 6.07) is 25.4. The molecule has 0 aliphatic rings. The predicted molar refractivity (Wildman–Crippen MR) is 145 cm³/mol. The van der Waals surface area contributed by atoms with Crippen LogP contribution < -0.4 is 5.32 Å². The minimum Gasteiger partial charge on any atom is -0.290 e. The van der Waals surface area contributed by atoms with Crippen molar-refractivity contribution in [3.05, 3.63) is 101 Å². The van der Waals surface area contributed by atoms with Crippen LogP contribution in [-0.4, -0.2) is 25.5 Å². The van der Waals surface area contributed by atoms with Crippen LogP contribution in [0.25, 0.3) is 16.8 Å². The van der Waals surface area contributed by atoms with Gasteiger partial charge in [0.1, 0.15) is 5.82 Å². The van der Waals surface area contributed by atoms with Gasteiger partial charge in [0.2, 0.25) is 5.95 Å². The van der Waals surface area contributed by atoms with Gasteiger partial charge in [0.15, 0.2) is 5.65 Å². The van der Waals surface area contributed by atoms with Crippen LogP contribution in [0.1, 0.15) is 35.9 Å². The first kappa shape index (κ1) is 24.0. The first-order valence-corrected chi connectivity index (χ1v) is 12.9. The Bertz CT molecular complexity index is 1500. The van der Waals surface area contributed by atoms with E-state index in [1.54, 1.807) is 46.7 Å². The highest BCUT2D eigenvalue weighted by Gasteiger charge is 2.17. The van der Waals surface area contributed by atoms with E-state index in [9.17, 15) is 4.79 Å². The molecule has 5 rings (SSSR count). The van der Waals surface area contributed by atoms with Gasteiger partial charge in [-0.05, 0) is 54.4 Å². The zero-order valence-electron chi connectivity index (χ0n) is 19.7. The summed E-state index contributed by atoms with van der Waals surface area (Å²) in [6.07, 6.45) is 4.45. The van der Waals surface area contributed by atoms with Crippen molar-refractivity contribution < 1.29 is 4.79 Å². The molecule has 2 aromatic heterocycles. The normalized spacial score (nSPS) is 11.1. The van der Waals surface area contributed by atoms with Gasteiger partial charge in [0.25, 0.3) is 5.91 Å². The van der Waals surface area contributed by atoms with Gasteiger partial charge < -0.3 is 0 Å². The predicted octanol–water partition coefficient (Wildman–Crippen LogP) is 7.19. The minimum absolute atomic E-state index is 0.307. The maximum Gasteiger partial charge on any atom is 0.258 e. The van der Waals surface area contributed by atoms with Crippen LogP contribution in [0.3, 0.4) is 0 Å². The molecule has 0 bridgehead atoms. The lowest BCUT2D eigenvalue weighted by molar-refractivity contribution is 0.102. The number of carbonyl (C=O) groups is 1. The minimum atomic E-state index is -0.307. The van der Waals surface area contributed by atoms with Gasteiger partial charge in [-0.25, -0.2) is 4.98 Å². The Balaban J connectivity index is 1.48. The van der Waals surface area contributed by atoms with E-state index in [1.807, 2.05) is 18.2 Å². The topological polar surface area (TPSA) is 72.2 Å². The fourth-order valence-electron chi connectivity index (χ4n) is 3.78. The average Bonchev–Trinajstić information content (AvgIpc) is 3.33. The van der Waals surface area contributed by atoms with Crippen molar-refractivity contribution in [1.82, 2.24) is 19.6 Å². The van der Waals surface area contributed by atoms with Crippen molar-refractivity contribution >= 4 is 40.9 Å². The molecule has 36 heavy (non-hydrogen) atoms. The summed E-state index contributed by atoms with van der Waals surface area (Å²) >= 11 is 7.79. The van der Waals surface area contributed by atoms with E-state index >= 15 is 0 Å². The zero-order chi connectivity index (χ0) is 24.9. The smallest absolute Gasteiger partial charge is 0.258 e. The summed E-state index contributed by atoms with van der Waals surface area (Å²) in [5, 5.41) is 7.91. The molecule has 6 nitrogen and oxygen atoms in total. The first-order valence-electron chi connectivity index (χ1n) is 11.8. The molecule has 0 fully saturated rings. The maximum atomic E-state index is 12.9. The van der Waals surface area contributed by atoms with Gasteiger partial charge in [-0.1, -0.05) is 73.1 Å². The molecule has 0 spiro atoms. The standard InChI is InChI=1S/C28H24ClN5OS/c1-2-3-12-25-31-26-24(19-13-15-23(16-14-19)36-22-10-5-4-6-11-22)18-30-34(26)28(32-25)33-27(35)20-8-7-9-21(29)17-20/h4-11,13-18H,2-3,12H2,1H3,(H,31,32,33,35). The molecule has 3 aromatic carbocycles. The van der Waals surface area contributed by atoms with Gasteiger partial charge >= 0.3 is 0 Å². The highest BCUT2D eigenvalue weighted by Crippen LogP contribution is 2.31. The Kier molecular flexibility index (Phi) is 7.30. The highest BCUT2D eigenvalue weighted by molar-refractivity contribution is 7.99. The van der Waals surface area contributed by atoms with Crippen LogP contribution in [0.4, 0.5) is 5.95 Å². The maximum absolute atomic E-state index is 12.9. The number of rotatable bonds is 8. The van der Waals surface area contributed by atoms with Crippen LogP contribution in [0.15, 0.2) is 94.9 Å². The van der Waals surface area contributed by atoms with Crippen molar-refractivity contribution in [1.29, 1.82) is 0 Å². The van der Waals surface area contributed by atoms with Crippen molar-refractivity contribution in [3.8, 4) is 11.1 Å². The summed E-state index contributed by atoms with van der Waals surface area (Å²) < 4.78 is 1.58. The Morgan fingerprint density at radius 3 is 2.50 bits per heavy atom. The van der Waals surface area contributed by atoms with Crippen LogP contribution in [-0.2, 0) is 6.42 Å². The third kappa shape index (κ3) is 5.42. The molecule has 1 amide bonds. The van der Waals surface area contributed by atoms with Crippen LogP contribution in [0, 0.1) is 0 Å². The van der Waals surface area contributed by atoms with E-state index in [2.05, 4.69) is 58.7 Å². The molecule has 8 heteroatoms. The highest BCUT2D eigenvalue weighted by atomic mass is 35.5. The van der Waals surface area contributed by atoms with Crippen LogP contribution in [0.5, 0.6) is 0 Å². The summed E-state index contributed by atoms with van der Waals surface area (Å²) in [6.45, 7) is 2.12. The van der Waals surface area contributed by atoms with E-state index in [-0.39, 0.29) is 5.91 Å². The lowest BCUT2D eigenvalue weighted by Gasteiger charge is -2.10. The first-order chi connectivity index (χ1) is 17.6. The zero-order valence-corrected chi connectivity index (χ0v) is 21.3. The molecule has 0 aliphatic heterocycles. The van der Waals surface area contributed by atoms with Crippen molar-refractivity contribution in [3.63, 3.8) is 0 Å². The third-order valence-electron chi connectivity index (χ3n) is 5.62. The SMILES string of the molecule is CCCCc1nc(NC(=O)c2cccc(Cl)c2)n2ncc(-c3ccc(Sc4ccccc4)cc3)c2n1. The fraction of sp³-hybridized carbons (Fsp3) is 0.143. The molecule has 2 heterocycles. The van der Waals surface area contributed by atoms with Gasteiger partial charge in [-0.15, -0.1) is 0 Å². The molecule has 0 saturated carbocycles.